The molecule has 4 aliphatic heterocycles. The van der Waals surface area contributed by atoms with Crippen molar-refractivity contribution in [3.05, 3.63) is 89.5 Å². The maximum Gasteiger partial charge on any atom is 0.313 e. The van der Waals surface area contributed by atoms with Crippen LogP contribution >= 0.6 is 0 Å². The number of nitrogens with zero attached hydrogens (tertiary/aromatic N) is 3. The first kappa shape index (κ1) is 33.6. The van der Waals surface area contributed by atoms with Crippen molar-refractivity contribution in [2.24, 2.45) is 11.8 Å². The van der Waals surface area contributed by atoms with Crippen molar-refractivity contribution in [3.63, 3.8) is 0 Å². The number of fused-ring (bicyclic) bond motifs is 2. The van der Waals surface area contributed by atoms with Gasteiger partial charge in [0, 0.05) is 25.7 Å². The Balaban J connectivity index is 1.48. The van der Waals surface area contributed by atoms with Gasteiger partial charge in [0.25, 0.3) is 5.91 Å². The standard InChI is InChI=1S/C38H45N3O7/c1-6-27(22-42)41-34-36(45)40(28-21-23(2)17-18-24(28)3)20-12-19-38(34)32(35(41)44)31-29(48-38)15-10-11-16-30(43)39(5)25(4)33(47-37(31)46)26-13-8-7-9-14-26/h7-10,12-15,17-19,21,25,27,29,31-34,42H,6,11,16,20,22H2,1-5H3/b15-10-/t25-,27-,29-,31+,32+,33+,34-,38+/m0/s1. The number of cyclic esters (lactones) is 1. The molecule has 48 heavy (non-hydrogen) atoms. The Morgan fingerprint density at radius 1 is 1.02 bits per heavy atom. The van der Waals surface area contributed by atoms with Gasteiger partial charge in [0.15, 0.2) is 0 Å². The molecule has 0 bridgehead atoms. The first-order valence-corrected chi connectivity index (χ1v) is 16.9. The van der Waals surface area contributed by atoms with Crippen molar-refractivity contribution in [1.29, 1.82) is 0 Å². The molecule has 10 nitrogen and oxygen atoms in total. The van der Waals surface area contributed by atoms with Gasteiger partial charge in [0.05, 0.1) is 30.7 Å². The van der Waals surface area contributed by atoms with Crippen molar-refractivity contribution < 1.29 is 33.8 Å². The minimum Gasteiger partial charge on any atom is -0.455 e. The number of hydrogen-bond acceptors (Lipinski definition) is 7. The van der Waals surface area contributed by atoms with Gasteiger partial charge in [-0.15, -0.1) is 0 Å². The van der Waals surface area contributed by atoms with E-state index >= 15 is 0 Å². The Kier molecular flexibility index (Phi) is 9.33. The summed E-state index contributed by atoms with van der Waals surface area (Å²) in [7, 11) is 1.70. The van der Waals surface area contributed by atoms with E-state index in [9.17, 15) is 24.3 Å². The predicted octanol–water partition coefficient (Wildman–Crippen LogP) is 4.04. The molecule has 1 spiro atoms. The van der Waals surface area contributed by atoms with Crippen LogP contribution in [0.4, 0.5) is 5.69 Å². The van der Waals surface area contributed by atoms with Crippen LogP contribution in [-0.2, 0) is 28.7 Å². The summed E-state index contributed by atoms with van der Waals surface area (Å²) in [4.78, 5) is 62.0. The topological polar surface area (TPSA) is 117 Å². The van der Waals surface area contributed by atoms with E-state index < -0.39 is 59.6 Å². The lowest BCUT2D eigenvalue weighted by atomic mass is 9.77. The van der Waals surface area contributed by atoms with Crippen molar-refractivity contribution in [3.8, 4) is 0 Å². The highest BCUT2D eigenvalue weighted by Crippen LogP contribution is 2.54. The van der Waals surface area contributed by atoms with Gasteiger partial charge in [0.2, 0.25) is 11.8 Å². The van der Waals surface area contributed by atoms with Gasteiger partial charge in [-0.25, -0.2) is 0 Å². The molecular formula is C38H45N3O7. The number of likely N-dealkylation sites (N-methyl/N-ethyl adjacent to an activating group) is 1. The van der Waals surface area contributed by atoms with E-state index in [2.05, 4.69) is 0 Å². The molecule has 0 unspecified atom stereocenters. The fourth-order valence-corrected chi connectivity index (χ4v) is 7.86. The van der Waals surface area contributed by atoms with Crippen molar-refractivity contribution in [2.75, 3.05) is 25.1 Å². The summed E-state index contributed by atoms with van der Waals surface area (Å²) in [6, 6.07) is 12.8. The zero-order valence-electron chi connectivity index (χ0n) is 28.2. The van der Waals surface area contributed by atoms with Gasteiger partial charge in [-0.3, -0.25) is 19.2 Å². The lowest BCUT2D eigenvalue weighted by Crippen LogP contribution is -2.58. The highest BCUT2D eigenvalue weighted by atomic mass is 16.6. The summed E-state index contributed by atoms with van der Waals surface area (Å²) in [5, 5.41) is 10.5. The van der Waals surface area contributed by atoms with Gasteiger partial charge in [-0.2, -0.15) is 0 Å². The number of amides is 3. The Labute approximate surface area is 282 Å². The SMILES string of the molecule is CC[C@@H](CO)N1C(=O)[C@H]2[C@@H]3C(=O)O[C@@H](c4ccccc4)[C@H](C)N(C)C(=O)CC/C=C\[C@@H]3O[C@]23C=CCN(c2cc(C)ccc2C)C(=O)[C@H]13. The minimum absolute atomic E-state index is 0.0895. The number of aliphatic hydroxyl groups is 1. The fourth-order valence-electron chi connectivity index (χ4n) is 7.86. The summed E-state index contributed by atoms with van der Waals surface area (Å²) in [5.74, 6) is -3.67. The summed E-state index contributed by atoms with van der Waals surface area (Å²) >= 11 is 0. The van der Waals surface area contributed by atoms with Crippen LogP contribution in [0.3, 0.4) is 0 Å². The molecule has 0 saturated carbocycles. The van der Waals surface area contributed by atoms with Crippen molar-refractivity contribution in [2.45, 2.75) is 82.9 Å². The summed E-state index contributed by atoms with van der Waals surface area (Å²) in [5.41, 5.74) is 1.84. The van der Waals surface area contributed by atoms with E-state index in [1.807, 2.05) is 82.3 Å². The predicted molar refractivity (Wildman–Crippen MR) is 180 cm³/mol. The van der Waals surface area contributed by atoms with Gasteiger partial charge in [-0.05, 0) is 56.4 Å². The normalized spacial score (nSPS) is 32.1. The third-order valence-electron chi connectivity index (χ3n) is 10.6. The molecule has 3 amide bonds. The molecular weight excluding hydrogens is 610 g/mol. The number of allylic oxidation sites excluding steroid dienone is 1. The van der Waals surface area contributed by atoms with Gasteiger partial charge < -0.3 is 29.3 Å². The van der Waals surface area contributed by atoms with Crippen LogP contribution in [0.25, 0.3) is 0 Å². The van der Waals surface area contributed by atoms with E-state index in [1.165, 1.54) is 4.90 Å². The number of esters is 1. The Morgan fingerprint density at radius 3 is 2.48 bits per heavy atom. The number of aliphatic hydroxyl groups excluding tert-OH is 1. The number of rotatable bonds is 5. The highest BCUT2D eigenvalue weighted by molar-refractivity contribution is 6.06. The van der Waals surface area contributed by atoms with Crippen LogP contribution in [0.1, 0.15) is 55.9 Å². The Morgan fingerprint density at radius 2 is 1.77 bits per heavy atom. The molecule has 0 aromatic heterocycles. The lowest BCUT2D eigenvalue weighted by molar-refractivity contribution is -0.164. The zero-order chi connectivity index (χ0) is 34.3. The molecule has 8 atom stereocenters. The second-order valence-electron chi connectivity index (χ2n) is 13.5. The average Bonchev–Trinajstić information content (AvgIpc) is 3.47. The zero-order valence-corrected chi connectivity index (χ0v) is 28.2. The molecule has 0 aliphatic carbocycles. The quantitative estimate of drug-likeness (QED) is 0.382. The molecule has 0 radical (unpaired) electrons. The molecule has 2 saturated heterocycles. The first-order chi connectivity index (χ1) is 23.0. The van der Waals surface area contributed by atoms with Crippen LogP contribution in [0.5, 0.6) is 0 Å². The number of benzene rings is 2. The van der Waals surface area contributed by atoms with Gasteiger partial charge in [-0.1, -0.05) is 73.7 Å². The molecule has 2 aromatic rings. The molecule has 254 valence electrons. The minimum atomic E-state index is -1.50. The number of ether oxygens (including phenoxy) is 2. The molecule has 1 N–H and O–H groups in total. The average molecular weight is 656 g/mol. The van der Waals surface area contributed by atoms with E-state index in [1.54, 1.807) is 35.1 Å². The van der Waals surface area contributed by atoms with Crippen molar-refractivity contribution in [1.82, 2.24) is 9.80 Å². The molecule has 4 heterocycles. The third-order valence-corrected chi connectivity index (χ3v) is 10.6. The first-order valence-electron chi connectivity index (χ1n) is 16.9. The second-order valence-corrected chi connectivity index (χ2v) is 13.5. The van der Waals surface area contributed by atoms with Gasteiger partial charge >= 0.3 is 5.97 Å². The van der Waals surface area contributed by atoms with E-state index in [4.69, 9.17) is 9.47 Å². The van der Waals surface area contributed by atoms with E-state index in [-0.39, 0.29) is 31.4 Å². The van der Waals surface area contributed by atoms with Crippen LogP contribution in [0.2, 0.25) is 0 Å². The summed E-state index contributed by atoms with van der Waals surface area (Å²) < 4.78 is 13.2. The lowest BCUT2D eigenvalue weighted by Gasteiger charge is -2.38. The smallest absolute Gasteiger partial charge is 0.313 e. The van der Waals surface area contributed by atoms with E-state index in [0.717, 1.165) is 16.8 Å². The number of hydrogen-bond donors (Lipinski definition) is 1. The van der Waals surface area contributed by atoms with Crippen LogP contribution in [0, 0.1) is 25.7 Å². The fraction of sp³-hybridized carbons (Fsp3) is 0.474. The third kappa shape index (κ3) is 5.54. The number of likely N-dealkylation sites (tertiary alicyclic amines) is 1. The number of carbonyl (C=O) groups is 4. The second kappa shape index (κ2) is 13.3. The maximum atomic E-state index is 14.8. The molecule has 6 rings (SSSR count). The number of carbonyl (C=O) groups excluding carboxylic acids is 4. The monoisotopic (exact) mass is 655 g/mol. The van der Waals surface area contributed by atoms with Crippen LogP contribution < -0.4 is 4.90 Å². The maximum absolute atomic E-state index is 14.8. The Bertz CT molecular complexity index is 1640. The molecule has 2 aromatic carbocycles. The highest BCUT2D eigenvalue weighted by Gasteiger charge is 2.72. The summed E-state index contributed by atoms with van der Waals surface area (Å²) in [6.07, 6.45) is 6.51. The van der Waals surface area contributed by atoms with Gasteiger partial charge in [0.1, 0.15) is 23.7 Å². The number of aryl methyl sites for hydroxylation is 2. The van der Waals surface area contributed by atoms with Crippen molar-refractivity contribution >= 4 is 29.4 Å². The molecule has 2 fully saturated rings. The molecule has 4 aliphatic rings. The summed E-state index contributed by atoms with van der Waals surface area (Å²) in [6.45, 7) is 7.49. The van der Waals surface area contributed by atoms with Crippen LogP contribution in [-0.4, -0.2) is 88.6 Å². The number of anilines is 1. The largest absolute Gasteiger partial charge is 0.455 e. The Hall–Kier alpha value is -4.28. The van der Waals surface area contributed by atoms with E-state index in [0.29, 0.717) is 18.4 Å². The molecule has 10 heteroatoms. The van der Waals surface area contributed by atoms with Crippen LogP contribution in [0.15, 0.2) is 72.8 Å².